The fourth-order valence-corrected chi connectivity index (χ4v) is 3.37. The quantitative estimate of drug-likeness (QED) is 0.826. The zero-order chi connectivity index (χ0) is 15.3. The van der Waals surface area contributed by atoms with Crippen molar-refractivity contribution in [1.29, 1.82) is 0 Å². The van der Waals surface area contributed by atoms with E-state index in [1.54, 1.807) is 0 Å². The maximum absolute atomic E-state index is 5.20. The number of allylic oxidation sites excluding steroid dienone is 3. The first-order chi connectivity index (χ1) is 9.79. The molecule has 1 aliphatic heterocycles. The van der Waals surface area contributed by atoms with Crippen molar-refractivity contribution in [1.82, 2.24) is 15.0 Å². The molecule has 0 amide bonds. The smallest absolute Gasteiger partial charge is 0.223 e. The SMILES string of the molecule is Cc1nc(C(C)(C)N2CC=CC3=C2CC(C)(C)CC3)no1. The molecular formula is C17H25N3O. The Morgan fingerprint density at radius 3 is 2.76 bits per heavy atom. The lowest BCUT2D eigenvalue weighted by Crippen LogP contribution is -2.45. The molecule has 0 radical (unpaired) electrons. The largest absolute Gasteiger partial charge is 0.358 e. The lowest BCUT2D eigenvalue weighted by atomic mass is 9.74. The zero-order valence-corrected chi connectivity index (χ0v) is 13.7. The van der Waals surface area contributed by atoms with Gasteiger partial charge in [-0.25, -0.2) is 0 Å². The van der Waals surface area contributed by atoms with E-state index >= 15 is 0 Å². The van der Waals surface area contributed by atoms with Gasteiger partial charge >= 0.3 is 0 Å². The number of nitrogens with zero attached hydrogens (tertiary/aromatic N) is 3. The highest BCUT2D eigenvalue weighted by atomic mass is 16.5. The van der Waals surface area contributed by atoms with Crippen LogP contribution in [-0.2, 0) is 5.54 Å². The number of aryl methyl sites for hydroxylation is 1. The van der Waals surface area contributed by atoms with E-state index in [2.05, 4.69) is 54.9 Å². The molecule has 0 unspecified atom stereocenters. The molecule has 3 rings (SSSR count). The number of aromatic nitrogens is 2. The van der Waals surface area contributed by atoms with Gasteiger partial charge < -0.3 is 9.42 Å². The summed E-state index contributed by atoms with van der Waals surface area (Å²) in [5.41, 5.74) is 3.05. The fraction of sp³-hybridized carbons (Fsp3) is 0.647. The van der Waals surface area contributed by atoms with Crippen LogP contribution in [0.5, 0.6) is 0 Å². The van der Waals surface area contributed by atoms with E-state index in [-0.39, 0.29) is 5.54 Å². The highest BCUT2D eigenvalue weighted by Gasteiger charge is 2.39. The predicted molar refractivity (Wildman–Crippen MR) is 82.6 cm³/mol. The van der Waals surface area contributed by atoms with E-state index < -0.39 is 0 Å². The molecule has 4 heteroatoms. The van der Waals surface area contributed by atoms with E-state index in [9.17, 15) is 0 Å². The Labute approximate surface area is 126 Å². The van der Waals surface area contributed by atoms with Crippen molar-refractivity contribution in [2.75, 3.05) is 6.54 Å². The summed E-state index contributed by atoms with van der Waals surface area (Å²) in [7, 11) is 0. The summed E-state index contributed by atoms with van der Waals surface area (Å²) in [5.74, 6) is 1.40. The van der Waals surface area contributed by atoms with Gasteiger partial charge in [0.1, 0.15) is 0 Å². The van der Waals surface area contributed by atoms with Crippen molar-refractivity contribution in [3.63, 3.8) is 0 Å². The Hall–Kier alpha value is -1.58. The molecule has 0 spiro atoms. The van der Waals surface area contributed by atoms with Gasteiger partial charge in [-0.05, 0) is 44.1 Å². The van der Waals surface area contributed by atoms with Gasteiger partial charge in [0, 0.05) is 19.2 Å². The molecule has 0 aromatic carbocycles. The molecule has 0 saturated heterocycles. The molecule has 0 fully saturated rings. The monoisotopic (exact) mass is 287 g/mol. The van der Waals surface area contributed by atoms with Gasteiger partial charge in [-0.3, -0.25) is 0 Å². The van der Waals surface area contributed by atoms with Gasteiger partial charge in [-0.2, -0.15) is 4.98 Å². The average molecular weight is 287 g/mol. The first-order valence-corrected chi connectivity index (χ1v) is 7.77. The minimum atomic E-state index is -0.253. The summed E-state index contributed by atoms with van der Waals surface area (Å²) in [4.78, 5) is 6.92. The maximum Gasteiger partial charge on any atom is 0.223 e. The van der Waals surface area contributed by atoms with Crippen molar-refractivity contribution >= 4 is 0 Å². The second-order valence-corrected chi connectivity index (χ2v) is 7.52. The molecule has 1 aromatic heterocycles. The Morgan fingerprint density at radius 2 is 2.10 bits per heavy atom. The third-order valence-corrected chi connectivity index (χ3v) is 4.77. The summed E-state index contributed by atoms with van der Waals surface area (Å²) in [6.07, 6.45) is 8.10. The number of hydrogen-bond acceptors (Lipinski definition) is 4. The topological polar surface area (TPSA) is 42.2 Å². The van der Waals surface area contributed by atoms with Crippen LogP contribution in [0.15, 0.2) is 27.9 Å². The van der Waals surface area contributed by atoms with Crippen LogP contribution in [0.25, 0.3) is 0 Å². The van der Waals surface area contributed by atoms with Crippen LogP contribution in [0.1, 0.15) is 58.7 Å². The maximum atomic E-state index is 5.20. The van der Waals surface area contributed by atoms with Gasteiger partial charge in [-0.15, -0.1) is 0 Å². The molecule has 0 saturated carbocycles. The lowest BCUT2D eigenvalue weighted by molar-refractivity contribution is 0.135. The Balaban J connectivity index is 1.98. The Kier molecular flexibility index (Phi) is 3.23. The molecule has 0 bridgehead atoms. The third-order valence-electron chi connectivity index (χ3n) is 4.77. The minimum absolute atomic E-state index is 0.253. The summed E-state index contributed by atoms with van der Waals surface area (Å²) in [5, 5.41) is 4.16. The van der Waals surface area contributed by atoms with E-state index in [4.69, 9.17) is 4.52 Å². The highest BCUT2D eigenvalue weighted by Crippen LogP contribution is 2.44. The molecule has 2 heterocycles. The third kappa shape index (κ3) is 2.52. The van der Waals surface area contributed by atoms with Crippen molar-refractivity contribution in [3.05, 3.63) is 35.1 Å². The molecule has 21 heavy (non-hydrogen) atoms. The number of hydrogen-bond donors (Lipinski definition) is 0. The minimum Gasteiger partial charge on any atom is -0.358 e. The highest BCUT2D eigenvalue weighted by molar-refractivity contribution is 5.34. The summed E-state index contributed by atoms with van der Waals surface area (Å²) >= 11 is 0. The van der Waals surface area contributed by atoms with Gasteiger partial charge in [0.2, 0.25) is 5.89 Å². The molecule has 0 N–H and O–H groups in total. The average Bonchev–Trinajstić information content (AvgIpc) is 2.84. The van der Waals surface area contributed by atoms with Gasteiger partial charge in [0.05, 0.1) is 5.54 Å². The van der Waals surface area contributed by atoms with Crippen molar-refractivity contribution in [2.45, 2.75) is 59.4 Å². The summed E-state index contributed by atoms with van der Waals surface area (Å²) in [6.45, 7) is 11.8. The predicted octanol–water partition coefficient (Wildman–Crippen LogP) is 3.95. The van der Waals surface area contributed by atoms with E-state index in [0.717, 1.165) is 25.2 Å². The molecule has 4 nitrogen and oxygen atoms in total. The fourth-order valence-electron chi connectivity index (χ4n) is 3.37. The van der Waals surface area contributed by atoms with Crippen molar-refractivity contribution in [3.8, 4) is 0 Å². The normalized spacial score (nSPS) is 21.7. The van der Waals surface area contributed by atoms with Crippen LogP contribution in [0, 0.1) is 12.3 Å². The molecule has 1 aromatic rings. The second-order valence-electron chi connectivity index (χ2n) is 7.52. The summed E-state index contributed by atoms with van der Waals surface area (Å²) in [6, 6.07) is 0. The van der Waals surface area contributed by atoms with Crippen LogP contribution in [-0.4, -0.2) is 21.6 Å². The first kappa shape index (κ1) is 14.4. The zero-order valence-electron chi connectivity index (χ0n) is 13.7. The first-order valence-electron chi connectivity index (χ1n) is 7.77. The number of rotatable bonds is 2. The van der Waals surface area contributed by atoms with Crippen LogP contribution >= 0.6 is 0 Å². The van der Waals surface area contributed by atoms with E-state index in [1.807, 2.05) is 6.92 Å². The second kappa shape index (κ2) is 4.72. The molecule has 2 aliphatic rings. The standard InChI is InChI=1S/C17H25N3O/c1-12-18-15(19-21-12)17(4,5)20-10-6-7-13-8-9-16(2,3)11-14(13)20/h6-7H,8-11H2,1-5H3. The van der Waals surface area contributed by atoms with Crippen LogP contribution in [0.2, 0.25) is 0 Å². The van der Waals surface area contributed by atoms with Crippen molar-refractivity contribution in [2.24, 2.45) is 5.41 Å². The molecular weight excluding hydrogens is 262 g/mol. The van der Waals surface area contributed by atoms with Crippen LogP contribution in [0.4, 0.5) is 0 Å². The van der Waals surface area contributed by atoms with Gasteiger partial charge in [-0.1, -0.05) is 31.2 Å². The summed E-state index contributed by atoms with van der Waals surface area (Å²) < 4.78 is 5.20. The van der Waals surface area contributed by atoms with E-state index in [1.165, 1.54) is 17.7 Å². The Morgan fingerprint density at radius 1 is 1.33 bits per heavy atom. The Bertz CT molecular complexity index is 607. The van der Waals surface area contributed by atoms with E-state index in [0.29, 0.717) is 11.3 Å². The molecule has 1 aliphatic carbocycles. The van der Waals surface area contributed by atoms with Gasteiger partial charge in [0.15, 0.2) is 5.82 Å². The van der Waals surface area contributed by atoms with Crippen molar-refractivity contribution < 1.29 is 4.52 Å². The van der Waals surface area contributed by atoms with Gasteiger partial charge in [0.25, 0.3) is 0 Å². The van der Waals surface area contributed by atoms with Crippen LogP contribution in [0.3, 0.4) is 0 Å². The molecule has 0 atom stereocenters. The lowest BCUT2D eigenvalue weighted by Gasteiger charge is -2.46. The molecule has 114 valence electrons. The van der Waals surface area contributed by atoms with Crippen LogP contribution < -0.4 is 0 Å².